The molecule has 0 aliphatic carbocycles. The Labute approximate surface area is 154 Å². The smallest absolute Gasteiger partial charge is 0.258 e. The summed E-state index contributed by atoms with van der Waals surface area (Å²) in [5, 5.41) is 6.80. The minimum absolute atomic E-state index is 0.0329. The monoisotopic (exact) mass is 372 g/mol. The predicted octanol–water partition coefficient (Wildman–Crippen LogP) is 3.13. The van der Waals surface area contributed by atoms with E-state index in [1.165, 1.54) is 19.5 Å². The first-order valence-corrected chi connectivity index (χ1v) is 8.30. The number of carbonyl (C=O) groups excluding carboxylic acids is 1. The number of halogens is 2. The first kappa shape index (κ1) is 18.5. The van der Waals surface area contributed by atoms with Crippen molar-refractivity contribution in [2.75, 3.05) is 7.11 Å². The molecule has 6 nitrogen and oxygen atoms in total. The van der Waals surface area contributed by atoms with E-state index < -0.39 is 29.1 Å². The van der Waals surface area contributed by atoms with Crippen LogP contribution in [0, 0.1) is 11.6 Å². The van der Waals surface area contributed by atoms with Crippen LogP contribution in [-0.4, -0.2) is 27.8 Å². The van der Waals surface area contributed by atoms with Crippen molar-refractivity contribution in [3.05, 3.63) is 77.9 Å². The van der Waals surface area contributed by atoms with Crippen LogP contribution in [0.2, 0.25) is 0 Å². The molecule has 0 saturated heterocycles. The van der Waals surface area contributed by atoms with Crippen molar-refractivity contribution < 1.29 is 18.3 Å². The average Bonchev–Trinajstić information content (AvgIpc) is 3.21. The second-order valence-electron chi connectivity index (χ2n) is 5.82. The number of aryl methyl sites for hydroxylation is 1. The second kappa shape index (κ2) is 8.39. The van der Waals surface area contributed by atoms with Gasteiger partial charge < -0.3 is 10.1 Å². The van der Waals surface area contributed by atoms with Crippen LogP contribution in [0.15, 0.2) is 55.1 Å². The van der Waals surface area contributed by atoms with Gasteiger partial charge in [0.25, 0.3) is 5.91 Å². The maximum Gasteiger partial charge on any atom is 0.258 e. The number of nitrogens with one attached hydrogen (secondary N) is 1. The number of nitrogens with zero attached hydrogens (tertiary/aromatic N) is 3. The highest BCUT2D eigenvalue weighted by atomic mass is 19.2. The molecule has 0 spiro atoms. The fraction of sp³-hybridized carbons (Fsp3) is 0.211. The predicted molar refractivity (Wildman–Crippen MR) is 94.2 cm³/mol. The van der Waals surface area contributed by atoms with E-state index in [9.17, 15) is 13.6 Å². The molecule has 2 aromatic carbocycles. The SMILES string of the molecule is COc1ccc(F)c(F)c1C(=O)N[C@@H](CCn1cncn1)c1ccccc1. The Morgan fingerprint density at radius 3 is 2.67 bits per heavy atom. The molecule has 0 radical (unpaired) electrons. The van der Waals surface area contributed by atoms with Gasteiger partial charge in [-0.3, -0.25) is 9.48 Å². The number of methoxy groups -OCH3 is 1. The van der Waals surface area contributed by atoms with E-state index in [4.69, 9.17) is 4.74 Å². The van der Waals surface area contributed by atoms with E-state index in [0.717, 1.165) is 11.6 Å². The van der Waals surface area contributed by atoms with Gasteiger partial charge in [0, 0.05) is 6.54 Å². The molecule has 0 aliphatic heterocycles. The fourth-order valence-corrected chi connectivity index (χ4v) is 2.76. The number of rotatable bonds is 7. The lowest BCUT2D eigenvalue weighted by atomic mass is 10.0. The zero-order valence-corrected chi connectivity index (χ0v) is 14.6. The highest BCUT2D eigenvalue weighted by molar-refractivity contribution is 5.97. The van der Waals surface area contributed by atoms with Crippen molar-refractivity contribution >= 4 is 5.91 Å². The molecular formula is C19H18F2N4O2. The van der Waals surface area contributed by atoms with Crippen LogP contribution in [-0.2, 0) is 6.54 Å². The van der Waals surface area contributed by atoms with Gasteiger partial charge in [-0.2, -0.15) is 5.10 Å². The van der Waals surface area contributed by atoms with Crippen LogP contribution in [0.3, 0.4) is 0 Å². The third kappa shape index (κ3) is 4.28. The largest absolute Gasteiger partial charge is 0.496 e. The summed E-state index contributed by atoms with van der Waals surface area (Å²) in [4.78, 5) is 16.6. The van der Waals surface area contributed by atoms with Crippen molar-refractivity contribution in [3.63, 3.8) is 0 Å². The number of hydrogen-bond donors (Lipinski definition) is 1. The van der Waals surface area contributed by atoms with E-state index >= 15 is 0 Å². The minimum Gasteiger partial charge on any atom is -0.496 e. The number of amides is 1. The molecular weight excluding hydrogens is 354 g/mol. The van der Waals surface area contributed by atoms with Gasteiger partial charge in [0.2, 0.25) is 0 Å². The van der Waals surface area contributed by atoms with E-state index in [0.29, 0.717) is 13.0 Å². The van der Waals surface area contributed by atoms with Gasteiger partial charge in [-0.05, 0) is 24.1 Å². The molecule has 1 N–H and O–H groups in total. The molecule has 0 unspecified atom stereocenters. The summed E-state index contributed by atoms with van der Waals surface area (Å²) in [6.45, 7) is 0.489. The maximum absolute atomic E-state index is 14.2. The van der Waals surface area contributed by atoms with Gasteiger partial charge in [0.05, 0.1) is 13.2 Å². The summed E-state index contributed by atoms with van der Waals surface area (Å²) in [5.41, 5.74) is 0.376. The molecule has 3 rings (SSSR count). The maximum atomic E-state index is 14.2. The lowest BCUT2D eigenvalue weighted by molar-refractivity contribution is 0.0924. The summed E-state index contributed by atoms with van der Waals surface area (Å²) < 4.78 is 34.5. The minimum atomic E-state index is -1.24. The number of benzene rings is 2. The Balaban J connectivity index is 1.85. The number of hydrogen-bond acceptors (Lipinski definition) is 4. The molecule has 1 aromatic heterocycles. The molecule has 27 heavy (non-hydrogen) atoms. The van der Waals surface area contributed by atoms with Crippen LogP contribution in [0.4, 0.5) is 8.78 Å². The van der Waals surface area contributed by atoms with Gasteiger partial charge in [-0.1, -0.05) is 30.3 Å². The van der Waals surface area contributed by atoms with Crippen LogP contribution < -0.4 is 10.1 Å². The van der Waals surface area contributed by atoms with Crippen molar-refractivity contribution in [2.45, 2.75) is 19.0 Å². The van der Waals surface area contributed by atoms with Crippen LogP contribution >= 0.6 is 0 Å². The van der Waals surface area contributed by atoms with Crippen molar-refractivity contribution in [1.82, 2.24) is 20.1 Å². The second-order valence-corrected chi connectivity index (χ2v) is 5.82. The zero-order chi connectivity index (χ0) is 19.2. The van der Waals surface area contributed by atoms with Crippen molar-refractivity contribution in [2.24, 2.45) is 0 Å². The molecule has 0 saturated carbocycles. The number of carbonyl (C=O) groups is 1. The summed E-state index contributed by atoms with van der Waals surface area (Å²) in [6, 6.07) is 11.0. The van der Waals surface area contributed by atoms with E-state index in [2.05, 4.69) is 15.4 Å². The Bertz CT molecular complexity index is 902. The first-order valence-electron chi connectivity index (χ1n) is 8.30. The Morgan fingerprint density at radius 2 is 2.00 bits per heavy atom. The van der Waals surface area contributed by atoms with Crippen LogP contribution in [0.25, 0.3) is 0 Å². The van der Waals surface area contributed by atoms with Crippen molar-refractivity contribution in [1.29, 1.82) is 0 Å². The van der Waals surface area contributed by atoms with E-state index in [-0.39, 0.29) is 5.75 Å². The third-order valence-corrected chi connectivity index (χ3v) is 4.12. The van der Waals surface area contributed by atoms with Gasteiger partial charge in [0.15, 0.2) is 11.6 Å². The van der Waals surface area contributed by atoms with Gasteiger partial charge in [-0.15, -0.1) is 0 Å². The topological polar surface area (TPSA) is 69.0 Å². The Hall–Kier alpha value is -3.29. The molecule has 1 heterocycles. The molecule has 0 aliphatic rings. The van der Waals surface area contributed by atoms with Gasteiger partial charge in [0.1, 0.15) is 24.0 Å². The number of aromatic nitrogens is 3. The molecule has 140 valence electrons. The molecule has 0 fully saturated rings. The van der Waals surface area contributed by atoms with E-state index in [1.807, 2.05) is 30.3 Å². The molecule has 1 amide bonds. The molecule has 8 heteroatoms. The normalized spacial score (nSPS) is 11.8. The lowest BCUT2D eigenvalue weighted by Gasteiger charge is -2.20. The zero-order valence-electron chi connectivity index (χ0n) is 14.6. The van der Waals surface area contributed by atoms with E-state index in [1.54, 1.807) is 11.0 Å². The fourth-order valence-electron chi connectivity index (χ4n) is 2.76. The average molecular weight is 372 g/mol. The Kier molecular flexibility index (Phi) is 5.75. The highest BCUT2D eigenvalue weighted by Crippen LogP contribution is 2.25. The lowest BCUT2D eigenvalue weighted by Crippen LogP contribution is -2.30. The molecule has 1 atom stereocenters. The first-order chi connectivity index (χ1) is 13.1. The Morgan fingerprint density at radius 1 is 1.22 bits per heavy atom. The number of ether oxygens (including phenoxy) is 1. The van der Waals surface area contributed by atoms with Gasteiger partial charge in [-0.25, -0.2) is 13.8 Å². The molecule has 0 bridgehead atoms. The molecule has 3 aromatic rings. The quantitative estimate of drug-likeness (QED) is 0.692. The summed E-state index contributed by atoms with van der Waals surface area (Å²) >= 11 is 0. The summed E-state index contributed by atoms with van der Waals surface area (Å²) in [7, 11) is 1.29. The summed E-state index contributed by atoms with van der Waals surface area (Å²) in [6.07, 6.45) is 3.47. The van der Waals surface area contributed by atoms with Crippen molar-refractivity contribution in [3.8, 4) is 5.75 Å². The standard InChI is InChI=1S/C19H18F2N4O2/c1-27-16-8-7-14(20)18(21)17(16)19(26)24-15(13-5-3-2-4-6-13)9-10-25-12-22-11-23-25/h2-8,11-12,15H,9-10H2,1H3,(H,24,26)/t15-/m0/s1. The van der Waals surface area contributed by atoms with Crippen LogP contribution in [0.1, 0.15) is 28.4 Å². The highest BCUT2D eigenvalue weighted by Gasteiger charge is 2.24. The summed E-state index contributed by atoms with van der Waals surface area (Å²) in [5.74, 6) is -3.14. The van der Waals surface area contributed by atoms with Crippen LogP contribution in [0.5, 0.6) is 5.75 Å². The van der Waals surface area contributed by atoms with Gasteiger partial charge >= 0.3 is 0 Å². The third-order valence-electron chi connectivity index (χ3n) is 4.12.